The molecule has 0 atom stereocenters. The summed E-state index contributed by atoms with van der Waals surface area (Å²) in [4.78, 5) is 27.9. The molecular weight excluding hydrogens is 326 g/mol. The van der Waals surface area contributed by atoms with E-state index in [2.05, 4.69) is 21.7 Å². The van der Waals surface area contributed by atoms with Gasteiger partial charge in [0.05, 0.1) is 11.3 Å². The number of carbonyl (C=O) groups excluding carboxylic acids is 2. The molecule has 26 heavy (non-hydrogen) atoms. The minimum absolute atomic E-state index is 0.0954. The van der Waals surface area contributed by atoms with E-state index < -0.39 is 0 Å². The smallest absolute Gasteiger partial charge is 0.253 e. The monoisotopic (exact) mass is 347 g/mol. The first-order valence-electron chi connectivity index (χ1n) is 8.95. The van der Waals surface area contributed by atoms with Gasteiger partial charge in [-0.3, -0.25) is 9.59 Å². The Morgan fingerprint density at radius 3 is 2.65 bits per heavy atom. The number of aromatic amines is 1. The molecule has 0 saturated heterocycles. The Kier molecular flexibility index (Phi) is 4.44. The highest BCUT2D eigenvalue weighted by Crippen LogP contribution is 2.22. The number of carbonyl (C=O) groups is 2. The molecule has 1 fully saturated rings. The maximum Gasteiger partial charge on any atom is 0.253 e. The second-order valence-corrected chi connectivity index (χ2v) is 6.70. The lowest BCUT2D eigenvalue weighted by molar-refractivity contribution is -0.116. The molecule has 0 unspecified atom stereocenters. The van der Waals surface area contributed by atoms with Crippen molar-refractivity contribution in [3.63, 3.8) is 0 Å². The summed E-state index contributed by atoms with van der Waals surface area (Å²) in [6, 6.07) is 15.5. The molecule has 2 aromatic carbocycles. The highest BCUT2D eigenvalue weighted by atomic mass is 16.2. The Bertz CT molecular complexity index is 957. The van der Waals surface area contributed by atoms with E-state index in [1.165, 1.54) is 0 Å². The summed E-state index contributed by atoms with van der Waals surface area (Å²) < 4.78 is 0. The number of hydrogen-bond donors (Lipinski definition) is 3. The molecular formula is C21H21N3O2. The second-order valence-electron chi connectivity index (χ2n) is 6.70. The molecule has 3 N–H and O–H groups in total. The molecule has 1 aliphatic carbocycles. The first-order chi connectivity index (χ1) is 12.7. The van der Waals surface area contributed by atoms with Crippen molar-refractivity contribution in [1.82, 2.24) is 10.3 Å². The zero-order valence-electron chi connectivity index (χ0n) is 14.4. The minimum Gasteiger partial charge on any atom is -0.361 e. The lowest BCUT2D eigenvalue weighted by Crippen LogP contribution is -2.27. The zero-order valence-corrected chi connectivity index (χ0v) is 14.4. The fraction of sp³-hybridized carbons (Fsp3) is 0.238. The van der Waals surface area contributed by atoms with Crippen LogP contribution in [0.25, 0.3) is 10.9 Å². The predicted octanol–water partition coefficient (Wildman–Crippen LogP) is 3.63. The van der Waals surface area contributed by atoms with Crippen molar-refractivity contribution >= 4 is 28.4 Å². The van der Waals surface area contributed by atoms with E-state index in [4.69, 9.17) is 0 Å². The number of amides is 2. The predicted molar refractivity (Wildman–Crippen MR) is 102 cm³/mol. The van der Waals surface area contributed by atoms with Crippen molar-refractivity contribution in [2.24, 2.45) is 0 Å². The van der Waals surface area contributed by atoms with Gasteiger partial charge in [-0.15, -0.1) is 0 Å². The third-order valence-corrected chi connectivity index (χ3v) is 4.65. The Hall–Kier alpha value is -3.08. The summed E-state index contributed by atoms with van der Waals surface area (Å²) in [5, 5.41) is 6.99. The quantitative estimate of drug-likeness (QED) is 0.637. The van der Waals surface area contributed by atoms with Crippen LogP contribution in [0.3, 0.4) is 0 Å². The van der Waals surface area contributed by atoms with E-state index >= 15 is 0 Å². The van der Waals surface area contributed by atoms with Crippen molar-refractivity contribution < 1.29 is 9.59 Å². The SMILES string of the molecule is O=C(CCc1c[nH]c2ccccc12)Nc1ccccc1C(=O)NC1CC1. The zero-order chi connectivity index (χ0) is 17.9. The molecule has 0 bridgehead atoms. The van der Waals surface area contributed by atoms with E-state index in [1.807, 2.05) is 36.5 Å². The van der Waals surface area contributed by atoms with Crippen LogP contribution in [0.2, 0.25) is 0 Å². The van der Waals surface area contributed by atoms with E-state index in [1.54, 1.807) is 12.1 Å². The first-order valence-corrected chi connectivity index (χ1v) is 8.95. The van der Waals surface area contributed by atoms with Crippen LogP contribution >= 0.6 is 0 Å². The first kappa shape index (κ1) is 16.4. The highest BCUT2D eigenvalue weighted by Gasteiger charge is 2.25. The maximum absolute atomic E-state index is 12.4. The molecule has 4 rings (SSSR count). The van der Waals surface area contributed by atoms with E-state index in [0.717, 1.165) is 29.3 Å². The molecule has 1 saturated carbocycles. The number of benzene rings is 2. The molecule has 1 aliphatic rings. The Labute approximate surface area is 151 Å². The fourth-order valence-corrected chi connectivity index (χ4v) is 3.08. The Morgan fingerprint density at radius 1 is 1.04 bits per heavy atom. The molecule has 1 aromatic heterocycles. The number of nitrogens with one attached hydrogen (secondary N) is 3. The number of rotatable bonds is 6. The van der Waals surface area contributed by atoms with Crippen LogP contribution in [-0.4, -0.2) is 22.8 Å². The Balaban J connectivity index is 1.41. The normalized spacial score (nSPS) is 13.5. The van der Waals surface area contributed by atoms with Gasteiger partial charge in [0, 0.05) is 29.6 Å². The van der Waals surface area contributed by atoms with Crippen LogP contribution in [0.5, 0.6) is 0 Å². The summed E-state index contributed by atoms with van der Waals surface area (Å²) in [6.45, 7) is 0. The molecule has 0 radical (unpaired) electrons. The largest absolute Gasteiger partial charge is 0.361 e. The van der Waals surface area contributed by atoms with E-state index in [0.29, 0.717) is 24.1 Å². The third kappa shape index (κ3) is 3.61. The van der Waals surface area contributed by atoms with Crippen molar-refractivity contribution in [2.45, 2.75) is 31.7 Å². The van der Waals surface area contributed by atoms with Gasteiger partial charge in [-0.25, -0.2) is 0 Å². The summed E-state index contributed by atoms with van der Waals surface area (Å²) in [7, 11) is 0. The minimum atomic E-state index is -0.125. The molecule has 3 aromatic rings. The molecule has 2 amide bonds. The maximum atomic E-state index is 12.4. The van der Waals surface area contributed by atoms with Gasteiger partial charge in [-0.1, -0.05) is 30.3 Å². The summed E-state index contributed by atoms with van der Waals surface area (Å²) >= 11 is 0. The topological polar surface area (TPSA) is 74.0 Å². The lowest BCUT2D eigenvalue weighted by atomic mass is 10.1. The highest BCUT2D eigenvalue weighted by molar-refractivity contribution is 6.04. The van der Waals surface area contributed by atoms with Crippen molar-refractivity contribution in [1.29, 1.82) is 0 Å². The number of para-hydroxylation sites is 2. The van der Waals surface area contributed by atoms with Gasteiger partial charge in [-0.05, 0) is 43.0 Å². The van der Waals surface area contributed by atoms with Gasteiger partial charge in [0.25, 0.3) is 5.91 Å². The molecule has 5 nitrogen and oxygen atoms in total. The summed E-state index contributed by atoms with van der Waals surface area (Å²) in [5.74, 6) is -0.220. The van der Waals surface area contributed by atoms with Crippen LogP contribution in [0.15, 0.2) is 54.7 Å². The molecule has 1 heterocycles. The third-order valence-electron chi connectivity index (χ3n) is 4.65. The van der Waals surface area contributed by atoms with E-state index in [-0.39, 0.29) is 17.9 Å². The average molecular weight is 347 g/mol. The number of anilines is 1. The fourth-order valence-electron chi connectivity index (χ4n) is 3.08. The van der Waals surface area contributed by atoms with Gasteiger partial charge in [0.1, 0.15) is 0 Å². The van der Waals surface area contributed by atoms with Gasteiger partial charge in [0.2, 0.25) is 5.91 Å². The van der Waals surface area contributed by atoms with Gasteiger partial charge in [-0.2, -0.15) is 0 Å². The summed E-state index contributed by atoms with van der Waals surface area (Å²) in [5.41, 5.74) is 3.27. The number of fused-ring (bicyclic) bond motifs is 1. The van der Waals surface area contributed by atoms with Crippen LogP contribution in [0.4, 0.5) is 5.69 Å². The van der Waals surface area contributed by atoms with Crippen molar-refractivity contribution in [3.05, 3.63) is 65.9 Å². The van der Waals surface area contributed by atoms with E-state index in [9.17, 15) is 9.59 Å². The molecule has 0 aliphatic heterocycles. The lowest BCUT2D eigenvalue weighted by Gasteiger charge is -2.11. The number of hydrogen-bond acceptors (Lipinski definition) is 2. The van der Waals surface area contributed by atoms with Crippen molar-refractivity contribution in [3.8, 4) is 0 Å². The second kappa shape index (κ2) is 7.04. The molecule has 0 spiro atoms. The van der Waals surface area contributed by atoms with Crippen LogP contribution in [0.1, 0.15) is 35.2 Å². The molecule has 5 heteroatoms. The van der Waals surface area contributed by atoms with Crippen LogP contribution < -0.4 is 10.6 Å². The van der Waals surface area contributed by atoms with Crippen molar-refractivity contribution in [2.75, 3.05) is 5.32 Å². The number of aromatic nitrogens is 1. The van der Waals surface area contributed by atoms with Gasteiger partial charge >= 0.3 is 0 Å². The standard InChI is InChI=1S/C21H21N3O2/c25-20(12-9-14-13-22-18-7-3-1-5-16(14)18)24-19-8-4-2-6-17(19)21(26)23-15-10-11-15/h1-8,13,15,22H,9-12H2,(H,23,26)(H,24,25). The summed E-state index contributed by atoms with van der Waals surface area (Å²) in [6.07, 6.45) is 5.03. The number of aryl methyl sites for hydroxylation is 1. The average Bonchev–Trinajstić information content (AvgIpc) is 3.37. The van der Waals surface area contributed by atoms with Gasteiger partial charge in [0.15, 0.2) is 0 Å². The molecule has 132 valence electrons. The van der Waals surface area contributed by atoms with Gasteiger partial charge < -0.3 is 15.6 Å². The Morgan fingerprint density at radius 2 is 1.81 bits per heavy atom. The van der Waals surface area contributed by atoms with Crippen LogP contribution in [-0.2, 0) is 11.2 Å². The number of H-pyrrole nitrogens is 1. The van der Waals surface area contributed by atoms with Crippen LogP contribution in [0, 0.1) is 0 Å².